The topological polar surface area (TPSA) is 53.6 Å². The maximum absolute atomic E-state index is 12.7. The number of likely N-dealkylation sites (tertiary alicyclic amines) is 1. The summed E-state index contributed by atoms with van der Waals surface area (Å²) in [6, 6.07) is 14.2. The summed E-state index contributed by atoms with van der Waals surface area (Å²) in [5.41, 5.74) is 8.01. The maximum atomic E-state index is 12.7. The van der Waals surface area contributed by atoms with Gasteiger partial charge in [-0.15, -0.1) is 13.2 Å². The zero-order valence-electron chi connectivity index (χ0n) is 27.8. The number of carbonyl (C=O) groups is 1. The van der Waals surface area contributed by atoms with Crippen LogP contribution in [-0.2, 0) is 6.54 Å². The summed E-state index contributed by atoms with van der Waals surface area (Å²) < 4.78 is 6.49. The molecule has 236 valence electrons. The lowest BCUT2D eigenvalue weighted by Crippen LogP contribution is -2.34. The average molecular weight is 653 g/mol. The van der Waals surface area contributed by atoms with Gasteiger partial charge in [0.2, 0.25) is 0 Å². The van der Waals surface area contributed by atoms with Gasteiger partial charge in [0, 0.05) is 41.0 Å². The second-order valence-electron chi connectivity index (χ2n) is 10.1. The van der Waals surface area contributed by atoms with Crippen LogP contribution in [0.5, 0.6) is 5.75 Å². The highest BCUT2D eigenvalue weighted by atomic mass is 79.9. The summed E-state index contributed by atoms with van der Waals surface area (Å²) in [6.45, 7) is 24.9. The SMILES string of the molecule is C=C.CC.CC.COc1ccc(CNC(=O)c2ccc(C3CCN(C/C(C)=C/C4=C(C)NCC=C4Br)CC3)cc2)cc1C. The molecule has 0 bridgehead atoms. The molecule has 43 heavy (non-hydrogen) atoms. The summed E-state index contributed by atoms with van der Waals surface area (Å²) in [4.78, 5) is 15.2. The Morgan fingerprint density at radius 3 is 2.26 bits per heavy atom. The predicted octanol–water partition coefficient (Wildman–Crippen LogP) is 9.07. The first-order valence-corrected chi connectivity index (χ1v) is 16.4. The third kappa shape index (κ3) is 11.8. The van der Waals surface area contributed by atoms with E-state index in [1.54, 1.807) is 7.11 Å². The molecule has 0 radical (unpaired) electrons. The molecule has 0 aromatic heterocycles. The van der Waals surface area contributed by atoms with Crippen molar-refractivity contribution in [2.24, 2.45) is 0 Å². The molecule has 6 heteroatoms. The Morgan fingerprint density at radius 1 is 1.07 bits per heavy atom. The van der Waals surface area contributed by atoms with Gasteiger partial charge in [-0.2, -0.15) is 0 Å². The molecular weight excluding hydrogens is 598 g/mol. The third-order valence-electron chi connectivity index (χ3n) is 7.32. The van der Waals surface area contributed by atoms with Crippen molar-refractivity contribution in [1.29, 1.82) is 0 Å². The maximum Gasteiger partial charge on any atom is 0.251 e. The quantitative estimate of drug-likeness (QED) is 0.280. The first-order valence-electron chi connectivity index (χ1n) is 15.6. The molecule has 0 unspecified atom stereocenters. The lowest BCUT2D eigenvalue weighted by Gasteiger charge is -2.32. The fourth-order valence-electron chi connectivity index (χ4n) is 5.17. The second kappa shape index (κ2) is 20.8. The minimum atomic E-state index is -0.0444. The van der Waals surface area contributed by atoms with Crippen LogP contribution in [0.15, 0.2) is 89.1 Å². The first kappa shape index (κ1) is 37.9. The van der Waals surface area contributed by atoms with Crippen molar-refractivity contribution in [2.45, 2.75) is 73.8 Å². The molecule has 2 aromatic carbocycles. The Kier molecular flexibility index (Phi) is 18.3. The molecule has 1 saturated heterocycles. The smallest absolute Gasteiger partial charge is 0.251 e. The van der Waals surface area contributed by atoms with E-state index in [0.29, 0.717) is 18.0 Å². The average Bonchev–Trinajstić information content (AvgIpc) is 3.05. The lowest BCUT2D eigenvalue weighted by atomic mass is 9.88. The van der Waals surface area contributed by atoms with Crippen molar-refractivity contribution in [3.63, 3.8) is 0 Å². The summed E-state index contributed by atoms with van der Waals surface area (Å²) in [6.07, 6.45) is 6.76. The van der Waals surface area contributed by atoms with E-state index in [1.807, 2.05) is 65.0 Å². The number of carbonyl (C=O) groups excluding carboxylic acids is 1. The third-order valence-corrected chi connectivity index (χ3v) is 8.07. The normalized spacial score (nSPS) is 15.3. The molecule has 0 atom stereocenters. The van der Waals surface area contributed by atoms with Gasteiger partial charge < -0.3 is 15.4 Å². The number of methoxy groups -OCH3 is 1. The Labute approximate surface area is 270 Å². The molecule has 2 aliphatic rings. The van der Waals surface area contributed by atoms with Crippen molar-refractivity contribution in [1.82, 2.24) is 15.5 Å². The molecule has 4 rings (SSSR count). The van der Waals surface area contributed by atoms with Crippen LogP contribution < -0.4 is 15.4 Å². The van der Waals surface area contributed by atoms with Crippen LogP contribution in [-0.4, -0.2) is 44.1 Å². The summed E-state index contributed by atoms with van der Waals surface area (Å²) >= 11 is 3.70. The number of dihydropyridines is 1. The van der Waals surface area contributed by atoms with E-state index in [0.717, 1.165) is 55.9 Å². The zero-order valence-corrected chi connectivity index (χ0v) is 29.4. The molecular formula is C37H54BrN3O2. The summed E-state index contributed by atoms with van der Waals surface area (Å²) in [7, 11) is 1.67. The van der Waals surface area contributed by atoms with Crippen LogP contribution in [0.4, 0.5) is 0 Å². The van der Waals surface area contributed by atoms with Crippen molar-refractivity contribution >= 4 is 21.8 Å². The van der Waals surface area contributed by atoms with Crippen LogP contribution in [0.2, 0.25) is 0 Å². The highest BCUT2D eigenvalue weighted by molar-refractivity contribution is 9.12. The molecule has 5 nitrogen and oxygen atoms in total. The van der Waals surface area contributed by atoms with Gasteiger partial charge >= 0.3 is 0 Å². The van der Waals surface area contributed by atoms with E-state index in [-0.39, 0.29) is 5.91 Å². The molecule has 2 aliphatic heterocycles. The number of benzene rings is 2. The van der Waals surface area contributed by atoms with Gasteiger partial charge in [-0.25, -0.2) is 0 Å². The van der Waals surface area contributed by atoms with Crippen molar-refractivity contribution in [3.8, 4) is 5.75 Å². The summed E-state index contributed by atoms with van der Waals surface area (Å²) in [5.74, 6) is 1.36. The first-order chi connectivity index (χ1) is 20.8. The van der Waals surface area contributed by atoms with Crippen LogP contribution in [0.1, 0.15) is 87.4 Å². The molecule has 2 aromatic rings. The number of nitrogens with one attached hydrogen (secondary N) is 2. The molecule has 0 saturated carbocycles. The van der Waals surface area contributed by atoms with E-state index >= 15 is 0 Å². The Balaban J connectivity index is 0.00000145. The molecule has 2 heterocycles. The van der Waals surface area contributed by atoms with E-state index in [9.17, 15) is 4.79 Å². The molecule has 2 N–H and O–H groups in total. The minimum Gasteiger partial charge on any atom is -0.496 e. The lowest BCUT2D eigenvalue weighted by molar-refractivity contribution is 0.0951. The largest absolute Gasteiger partial charge is 0.496 e. The minimum absolute atomic E-state index is 0.0444. The fraction of sp³-hybridized carbons (Fsp3) is 0.432. The van der Waals surface area contributed by atoms with Gasteiger partial charge in [0.1, 0.15) is 5.75 Å². The molecule has 1 fully saturated rings. The van der Waals surface area contributed by atoms with Crippen LogP contribution >= 0.6 is 15.9 Å². The fourth-order valence-corrected chi connectivity index (χ4v) is 5.74. The molecule has 0 aliphatic carbocycles. The predicted molar refractivity (Wildman–Crippen MR) is 189 cm³/mol. The van der Waals surface area contributed by atoms with Crippen LogP contribution in [0, 0.1) is 6.92 Å². The Bertz CT molecular complexity index is 1220. The van der Waals surface area contributed by atoms with Gasteiger partial charge in [-0.1, -0.05) is 85.6 Å². The number of allylic oxidation sites excluding steroid dienone is 4. The van der Waals surface area contributed by atoms with Crippen molar-refractivity contribution < 1.29 is 9.53 Å². The van der Waals surface area contributed by atoms with Crippen LogP contribution in [0.25, 0.3) is 0 Å². The van der Waals surface area contributed by atoms with Gasteiger partial charge in [-0.3, -0.25) is 9.69 Å². The number of nitrogens with zero attached hydrogens (tertiary/aromatic N) is 1. The monoisotopic (exact) mass is 651 g/mol. The van der Waals surface area contributed by atoms with Gasteiger partial charge in [0.15, 0.2) is 0 Å². The molecule has 0 spiro atoms. The van der Waals surface area contributed by atoms with E-state index in [1.165, 1.54) is 26.9 Å². The van der Waals surface area contributed by atoms with E-state index < -0.39 is 0 Å². The number of amides is 1. The highest BCUT2D eigenvalue weighted by Gasteiger charge is 2.21. The highest BCUT2D eigenvalue weighted by Crippen LogP contribution is 2.29. The number of aryl methyl sites for hydroxylation is 1. The Hall–Kier alpha value is -3.09. The number of hydrogen-bond donors (Lipinski definition) is 2. The number of rotatable bonds is 8. The standard InChI is InChI=1S/C31H38BrN3O2.2C2H6.C2H4/c1-21(17-28-23(3)33-14-11-29(28)32)20-35-15-12-26(13-16-35)25-6-8-27(9-7-25)31(36)34-19-24-5-10-30(37-4)22(2)18-24;3*1-2/h5-11,17-18,26,33H,12-16,19-20H2,1-4H3,(H,34,36);2*1-2H3;1-2H2/b21-17+;;;. The summed E-state index contributed by atoms with van der Waals surface area (Å²) in [5, 5.41) is 6.44. The molecule has 1 amide bonds. The van der Waals surface area contributed by atoms with Gasteiger partial charge in [0.25, 0.3) is 5.91 Å². The van der Waals surface area contributed by atoms with Crippen molar-refractivity contribution in [2.75, 3.05) is 33.3 Å². The van der Waals surface area contributed by atoms with Gasteiger partial charge in [-0.05, 0) is 87.5 Å². The second-order valence-corrected chi connectivity index (χ2v) is 11.0. The number of hydrogen-bond acceptors (Lipinski definition) is 4. The van der Waals surface area contributed by atoms with Gasteiger partial charge in [0.05, 0.1) is 7.11 Å². The Morgan fingerprint density at radius 2 is 1.70 bits per heavy atom. The number of piperidine rings is 1. The van der Waals surface area contributed by atoms with E-state index in [4.69, 9.17) is 4.74 Å². The number of halogens is 1. The number of ether oxygens (including phenoxy) is 1. The van der Waals surface area contributed by atoms with Crippen molar-refractivity contribution in [3.05, 3.63) is 111 Å². The van der Waals surface area contributed by atoms with E-state index in [2.05, 4.69) is 82.8 Å². The zero-order chi connectivity index (χ0) is 32.4. The van der Waals surface area contributed by atoms with Crippen LogP contribution in [0.3, 0.4) is 0 Å².